The van der Waals surface area contributed by atoms with E-state index in [-0.39, 0.29) is 17.6 Å². The third-order valence-corrected chi connectivity index (χ3v) is 3.65. The molecule has 0 aromatic heterocycles. The molecule has 1 rings (SSSR count). The van der Waals surface area contributed by atoms with Crippen LogP contribution in [0.25, 0.3) is 0 Å². The minimum Gasteiger partial charge on any atom is -0.480 e. The lowest BCUT2D eigenvalue weighted by molar-refractivity contribution is -0.145. The smallest absolute Gasteiger partial charge is 0.324 e. The van der Waals surface area contributed by atoms with Crippen LogP contribution in [0, 0.1) is 5.41 Å². The van der Waals surface area contributed by atoms with Crippen LogP contribution < -0.4 is 5.32 Å². The van der Waals surface area contributed by atoms with E-state index in [9.17, 15) is 9.90 Å². The van der Waals surface area contributed by atoms with E-state index < -0.39 is 11.5 Å². The first-order valence-corrected chi connectivity index (χ1v) is 7.27. The van der Waals surface area contributed by atoms with Crippen LogP contribution in [0.3, 0.4) is 0 Å². The summed E-state index contributed by atoms with van der Waals surface area (Å²) in [6, 6.07) is 0.171. The van der Waals surface area contributed by atoms with Gasteiger partial charge in [-0.3, -0.25) is 10.1 Å². The van der Waals surface area contributed by atoms with Crippen LogP contribution in [0.5, 0.6) is 0 Å². The van der Waals surface area contributed by atoms with Crippen molar-refractivity contribution >= 4 is 5.97 Å². The van der Waals surface area contributed by atoms with Gasteiger partial charge < -0.3 is 9.84 Å². The molecule has 1 aliphatic carbocycles. The molecule has 2 unspecified atom stereocenters. The van der Waals surface area contributed by atoms with Crippen LogP contribution in [0.15, 0.2) is 0 Å². The molecule has 19 heavy (non-hydrogen) atoms. The fourth-order valence-electron chi connectivity index (χ4n) is 2.61. The lowest BCUT2D eigenvalue weighted by Crippen LogP contribution is -2.53. The number of nitrogens with one attached hydrogen (secondary N) is 1. The van der Waals surface area contributed by atoms with Gasteiger partial charge in [0.25, 0.3) is 0 Å². The molecule has 1 saturated carbocycles. The average molecular weight is 271 g/mol. The van der Waals surface area contributed by atoms with Crippen LogP contribution in [0.4, 0.5) is 0 Å². The second kappa shape index (κ2) is 6.23. The molecular weight excluding hydrogens is 242 g/mol. The highest BCUT2D eigenvalue weighted by molar-refractivity contribution is 5.79. The monoisotopic (exact) mass is 271 g/mol. The van der Waals surface area contributed by atoms with E-state index in [1.165, 1.54) is 0 Å². The summed E-state index contributed by atoms with van der Waals surface area (Å²) >= 11 is 0. The maximum Gasteiger partial charge on any atom is 0.324 e. The fraction of sp³-hybridized carbons (Fsp3) is 0.933. The van der Waals surface area contributed by atoms with Crippen LogP contribution in [-0.4, -0.2) is 35.4 Å². The van der Waals surface area contributed by atoms with Crippen molar-refractivity contribution in [3.05, 3.63) is 0 Å². The van der Waals surface area contributed by atoms with Crippen molar-refractivity contribution < 1.29 is 14.6 Å². The Balaban J connectivity index is 2.48. The molecule has 0 aromatic carbocycles. The van der Waals surface area contributed by atoms with E-state index in [1.807, 2.05) is 13.8 Å². The number of hydrogen-bond acceptors (Lipinski definition) is 3. The zero-order valence-corrected chi connectivity index (χ0v) is 13.0. The number of carboxylic acid groups (broad SMARTS) is 1. The van der Waals surface area contributed by atoms with Crippen molar-refractivity contribution in [2.45, 2.75) is 78.0 Å². The molecule has 0 bridgehead atoms. The molecule has 0 aromatic rings. The molecule has 0 radical (unpaired) electrons. The number of carbonyl (C=O) groups is 1. The summed E-state index contributed by atoms with van der Waals surface area (Å²) in [7, 11) is 0. The average Bonchev–Trinajstić information content (AvgIpc) is 2.60. The standard InChI is InChI=1S/C15H29NO3/c1-11(2)16-15(13(17)18)7-6-12(10-15)19-9-8-14(3,4)5/h11-12,16H,6-10H2,1-5H3,(H,17,18). The third-order valence-electron chi connectivity index (χ3n) is 3.65. The van der Waals surface area contributed by atoms with E-state index in [4.69, 9.17) is 4.74 Å². The number of rotatable bonds is 6. The minimum atomic E-state index is -0.791. The van der Waals surface area contributed by atoms with Gasteiger partial charge in [-0.15, -0.1) is 0 Å². The lowest BCUT2D eigenvalue weighted by atomic mass is 9.93. The number of carboxylic acids is 1. The molecule has 4 nitrogen and oxygen atoms in total. The van der Waals surface area contributed by atoms with E-state index in [0.717, 1.165) is 12.8 Å². The van der Waals surface area contributed by atoms with Gasteiger partial charge in [0.1, 0.15) is 5.54 Å². The maximum absolute atomic E-state index is 11.5. The zero-order valence-electron chi connectivity index (χ0n) is 13.0. The molecule has 1 aliphatic rings. The van der Waals surface area contributed by atoms with Crippen molar-refractivity contribution in [3.8, 4) is 0 Å². The van der Waals surface area contributed by atoms with Gasteiger partial charge in [-0.05, 0) is 38.5 Å². The molecule has 0 saturated heterocycles. The van der Waals surface area contributed by atoms with E-state index >= 15 is 0 Å². The summed E-state index contributed by atoms with van der Waals surface area (Å²) in [5.74, 6) is -0.747. The van der Waals surface area contributed by atoms with E-state index in [2.05, 4.69) is 26.1 Å². The Morgan fingerprint density at radius 1 is 1.47 bits per heavy atom. The molecule has 0 spiro atoms. The van der Waals surface area contributed by atoms with Crippen LogP contribution in [0.1, 0.15) is 60.3 Å². The first-order chi connectivity index (χ1) is 8.65. The molecule has 4 heteroatoms. The van der Waals surface area contributed by atoms with Gasteiger partial charge in [-0.1, -0.05) is 20.8 Å². The minimum absolute atomic E-state index is 0.0738. The largest absolute Gasteiger partial charge is 0.480 e. The summed E-state index contributed by atoms with van der Waals surface area (Å²) < 4.78 is 5.86. The molecule has 2 N–H and O–H groups in total. The molecular formula is C15H29NO3. The molecule has 1 fully saturated rings. The summed E-state index contributed by atoms with van der Waals surface area (Å²) in [6.07, 6.45) is 3.13. The van der Waals surface area contributed by atoms with E-state index in [0.29, 0.717) is 19.4 Å². The van der Waals surface area contributed by atoms with Crippen molar-refractivity contribution in [2.75, 3.05) is 6.61 Å². The summed E-state index contributed by atoms with van der Waals surface area (Å²) in [4.78, 5) is 11.5. The number of ether oxygens (including phenoxy) is 1. The van der Waals surface area contributed by atoms with Crippen molar-refractivity contribution in [1.29, 1.82) is 0 Å². The number of aliphatic carboxylic acids is 1. The van der Waals surface area contributed by atoms with Gasteiger partial charge in [0.15, 0.2) is 0 Å². The van der Waals surface area contributed by atoms with Gasteiger partial charge in [0.05, 0.1) is 6.10 Å². The predicted octanol–water partition coefficient (Wildman–Crippen LogP) is 2.81. The van der Waals surface area contributed by atoms with Gasteiger partial charge in [-0.2, -0.15) is 0 Å². The summed E-state index contributed by atoms with van der Waals surface area (Å²) in [5.41, 5.74) is -0.529. The maximum atomic E-state index is 11.5. The molecule has 0 aliphatic heterocycles. The Kier molecular flexibility index (Phi) is 5.39. The SMILES string of the molecule is CC(C)NC1(C(=O)O)CCC(OCCC(C)(C)C)C1. The first-order valence-electron chi connectivity index (χ1n) is 7.27. The highest BCUT2D eigenvalue weighted by Gasteiger charge is 2.46. The van der Waals surface area contributed by atoms with Crippen LogP contribution in [-0.2, 0) is 9.53 Å². The van der Waals surface area contributed by atoms with Crippen molar-refractivity contribution in [1.82, 2.24) is 5.32 Å². The second-order valence-electron chi connectivity index (χ2n) is 7.23. The molecule has 112 valence electrons. The highest BCUT2D eigenvalue weighted by atomic mass is 16.5. The van der Waals surface area contributed by atoms with Gasteiger partial charge >= 0.3 is 5.97 Å². The molecule has 0 heterocycles. The lowest BCUT2D eigenvalue weighted by Gasteiger charge is -2.28. The Morgan fingerprint density at radius 2 is 2.11 bits per heavy atom. The Labute approximate surface area is 116 Å². The van der Waals surface area contributed by atoms with Gasteiger partial charge in [0, 0.05) is 19.1 Å². The third kappa shape index (κ3) is 5.11. The second-order valence-corrected chi connectivity index (χ2v) is 7.23. The molecule has 0 amide bonds. The van der Waals surface area contributed by atoms with Crippen LogP contribution in [0.2, 0.25) is 0 Å². The van der Waals surface area contributed by atoms with Gasteiger partial charge in [-0.25, -0.2) is 0 Å². The number of hydrogen-bond donors (Lipinski definition) is 2. The Hall–Kier alpha value is -0.610. The predicted molar refractivity (Wildman–Crippen MR) is 76.3 cm³/mol. The normalized spacial score (nSPS) is 28.0. The Morgan fingerprint density at radius 3 is 2.58 bits per heavy atom. The van der Waals surface area contributed by atoms with Gasteiger partial charge in [0.2, 0.25) is 0 Å². The highest BCUT2D eigenvalue weighted by Crippen LogP contribution is 2.33. The molecule has 2 atom stereocenters. The van der Waals surface area contributed by atoms with Crippen molar-refractivity contribution in [2.24, 2.45) is 5.41 Å². The summed E-state index contributed by atoms with van der Waals surface area (Å²) in [5, 5.41) is 12.7. The quantitative estimate of drug-likeness (QED) is 0.780. The van der Waals surface area contributed by atoms with Crippen molar-refractivity contribution in [3.63, 3.8) is 0 Å². The Bertz CT molecular complexity index is 309. The topological polar surface area (TPSA) is 58.6 Å². The fourth-order valence-corrected chi connectivity index (χ4v) is 2.61. The zero-order chi connectivity index (χ0) is 14.7. The summed E-state index contributed by atoms with van der Waals surface area (Å²) in [6.45, 7) is 11.2. The van der Waals surface area contributed by atoms with E-state index in [1.54, 1.807) is 0 Å². The van der Waals surface area contributed by atoms with Crippen LogP contribution >= 0.6 is 0 Å². The first kappa shape index (κ1) is 16.4.